The summed E-state index contributed by atoms with van der Waals surface area (Å²) in [5, 5.41) is 57.4. The van der Waals surface area contributed by atoms with Gasteiger partial charge >= 0.3 is 21.3 Å². The number of nitrogens with one attached hydrogen (secondary N) is 2. The summed E-state index contributed by atoms with van der Waals surface area (Å²) >= 11 is 0. The standard InChI is InChI=1S/C27H34N9O15P2/c1-10-3-12-13(4-11(10)2)35(24-18(32-12)25(42)34-27(43)33-24)5-14(37)19(39)15(38)6-48-52(44,45)51-53(46,47)49-7-16-20(40)21(41)26(50-16)36-9-31-17-22(28)29-8-30-23(17)36/h3-4,8-9,14-16,19-21,26,37-41H,5-7H2,1-2H3,(H,44,45)(H,46,47)(H2,28,29,30)(H2,33,34,42,43)/t14-,15+,16+,19-,20+,21+,26+/m0/s1. The molecule has 287 valence electrons. The smallest absolute Gasteiger partial charge is 0.388 e. The number of imidazole rings is 1. The molecule has 1 aromatic carbocycles. The van der Waals surface area contributed by atoms with E-state index in [-0.39, 0.29) is 28.5 Å². The van der Waals surface area contributed by atoms with Gasteiger partial charge in [-0.2, -0.15) is 4.31 Å². The summed E-state index contributed by atoms with van der Waals surface area (Å²) in [6.45, 7) is 0.855. The minimum Gasteiger partial charge on any atom is -0.388 e. The van der Waals surface area contributed by atoms with E-state index in [1.165, 1.54) is 15.8 Å². The lowest BCUT2D eigenvalue weighted by Crippen LogP contribution is -2.46. The Bertz CT molecular complexity index is 2230. The molecular formula is C27H34N9O15P2. The van der Waals surface area contributed by atoms with E-state index >= 15 is 0 Å². The quantitative estimate of drug-likeness (QED) is 0.0660. The van der Waals surface area contributed by atoms with Crippen molar-refractivity contribution < 1.29 is 62.5 Å². The van der Waals surface area contributed by atoms with Crippen LogP contribution in [0.1, 0.15) is 17.4 Å². The minimum atomic E-state index is -5.54. The van der Waals surface area contributed by atoms with Gasteiger partial charge in [-0.25, -0.2) is 34.2 Å². The molecule has 1 radical (unpaired) electrons. The SMILES string of the molecule is Cc1cc2c(cc1C)N(C[C@H](O)[C@H](O)[C@H](O)COP(=O)(O)OP(=O)(O)OC[C@H]1O[C@@H](n3cnc4c(N)ncnc43)[C@H](O)[C@@H]1O)c1[nH]c(=O)[nH]c(=O)c1[N]2. The summed E-state index contributed by atoms with van der Waals surface area (Å²) < 4.78 is 45.4. The molecule has 4 aromatic rings. The minimum absolute atomic E-state index is 0.0305. The van der Waals surface area contributed by atoms with E-state index in [2.05, 4.69) is 39.1 Å². The largest absolute Gasteiger partial charge is 0.481 e. The van der Waals surface area contributed by atoms with Gasteiger partial charge in [0.1, 0.15) is 54.3 Å². The second kappa shape index (κ2) is 14.6. The molecule has 5 heterocycles. The zero-order chi connectivity index (χ0) is 38.6. The lowest BCUT2D eigenvalue weighted by Gasteiger charge is -2.35. The van der Waals surface area contributed by atoms with Crippen LogP contribution in [0.5, 0.6) is 0 Å². The summed E-state index contributed by atoms with van der Waals surface area (Å²) in [6.07, 6.45) is -9.88. The van der Waals surface area contributed by atoms with Crippen molar-refractivity contribution in [2.24, 2.45) is 0 Å². The van der Waals surface area contributed by atoms with Crippen molar-refractivity contribution >= 4 is 55.5 Å². The molecule has 2 unspecified atom stereocenters. The number of benzene rings is 1. The number of nitrogen functional groups attached to an aromatic ring is 1. The highest BCUT2D eigenvalue weighted by atomic mass is 31.3. The van der Waals surface area contributed by atoms with E-state index in [1.807, 2.05) is 0 Å². The normalized spacial score (nSPS) is 23.8. The molecule has 0 bridgehead atoms. The highest BCUT2D eigenvalue weighted by molar-refractivity contribution is 7.61. The fourth-order valence-electron chi connectivity index (χ4n) is 5.61. The Morgan fingerprint density at radius 2 is 1.68 bits per heavy atom. The van der Waals surface area contributed by atoms with Gasteiger partial charge in [-0.15, -0.1) is 0 Å². The summed E-state index contributed by atoms with van der Waals surface area (Å²) in [4.78, 5) is 62.4. The zero-order valence-electron chi connectivity index (χ0n) is 27.5. The third kappa shape index (κ3) is 7.91. The van der Waals surface area contributed by atoms with Crippen LogP contribution in [-0.4, -0.2) is 121 Å². The predicted molar refractivity (Wildman–Crippen MR) is 178 cm³/mol. The number of ether oxygens (including phenoxy) is 1. The molecule has 3 aromatic heterocycles. The van der Waals surface area contributed by atoms with E-state index in [9.17, 15) is 54.0 Å². The first kappa shape index (κ1) is 38.6. The number of anilines is 3. The highest BCUT2D eigenvalue weighted by Crippen LogP contribution is 2.60. The van der Waals surface area contributed by atoms with Gasteiger partial charge in [-0.1, -0.05) is 0 Å². The average molecular weight is 787 g/mol. The maximum atomic E-state index is 12.5. The Morgan fingerprint density at radius 3 is 2.42 bits per heavy atom. The number of aliphatic hydroxyl groups excluding tert-OH is 5. The van der Waals surface area contributed by atoms with Gasteiger partial charge in [0.2, 0.25) is 0 Å². The number of aromatic nitrogens is 6. The van der Waals surface area contributed by atoms with Crippen LogP contribution in [-0.2, 0) is 27.2 Å². The second-order valence-corrected chi connectivity index (χ2v) is 15.2. The van der Waals surface area contributed by atoms with Crippen LogP contribution in [0.25, 0.3) is 11.2 Å². The summed E-state index contributed by atoms with van der Waals surface area (Å²) in [7, 11) is -11.0. The lowest BCUT2D eigenvalue weighted by atomic mass is 10.0. The molecule has 2 aliphatic rings. The molecule has 1 fully saturated rings. The predicted octanol–water partition coefficient (Wildman–Crippen LogP) is -1.93. The third-order valence-corrected chi connectivity index (χ3v) is 11.1. The van der Waals surface area contributed by atoms with E-state index in [4.69, 9.17) is 15.0 Å². The summed E-state index contributed by atoms with van der Waals surface area (Å²) in [6, 6.07) is 3.33. The van der Waals surface area contributed by atoms with Crippen LogP contribution < -0.4 is 27.2 Å². The first-order valence-electron chi connectivity index (χ1n) is 15.5. The Hall–Kier alpha value is -4.13. The van der Waals surface area contributed by atoms with Crippen molar-refractivity contribution in [1.82, 2.24) is 34.8 Å². The van der Waals surface area contributed by atoms with E-state index < -0.39 is 89.5 Å². The van der Waals surface area contributed by atoms with Crippen molar-refractivity contribution in [1.29, 1.82) is 0 Å². The molecule has 0 aliphatic carbocycles. The fraction of sp³-hybridized carbons (Fsp3) is 0.444. The van der Waals surface area contributed by atoms with E-state index in [1.54, 1.807) is 26.0 Å². The number of hydrogen-bond acceptors (Lipinski definition) is 18. The first-order chi connectivity index (χ1) is 24.9. The molecule has 11 N–H and O–H groups in total. The second-order valence-electron chi connectivity index (χ2n) is 12.1. The number of nitrogens with zero attached hydrogens (tertiary/aromatic N) is 6. The number of phosphoric acid groups is 2. The molecule has 0 saturated carbocycles. The Kier molecular flexibility index (Phi) is 10.6. The molecule has 2 aliphatic heterocycles. The molecule has 24 nitrogen and oxygen atoms in total. The van der Waals surface area contributed by atoms with Crippen molar-refractivity contribution in [3.8, 4) is 0 Å². The zero-order valence-corrected chi connectivity index (χ0v) is 29.3. The van der Waals surface area contributed by atoms with Gasteiger partial charge in [-0.3, -0.25) is 28.4 Å². The van der Waals surface area contributed by atoms with Crippen molar-refractivity contribution in [2.75, 3.05) is 30.4 Å². The molecule has 53 heavy (non-hydrogen) atoms. The number of aryl methyl sites for hydroxylation is 2. The fourth-order valence-corrected chi connectivity index (χ4v) is 7.70. The molecule has 1 saturated heterocycles. The monoisotopic (exact) mass is 786 g/mol. The molecule has 0 amide bonds. The maximum absolute atomic E-state index is 12.5. The van der Waals surface area contributed by atoms with Crippen LogP contribution in [0.15, 0.2) is 34.4 Å². The molecule has 26 heteroatoms. The number of aliphatic hydroxyl groups is 5. The lowest BCUT2D eigenvalue weighted by molar-refractivity contribution is -0.0719. The number of hydrogen-bond donors (Lipinski definition) is 10. The number of β-amino-alcohol motifs (C(OH)–C–C–N with tert-alkyl or cyclic N) is 1. The van der Waals surface area contributed by atoms with Crippen molar-refractivity contribution in [2.45, 2.75) is 56.7 Å². The van der Waals surface area contributed by atoms with E-state index in [0.29, 0.717) is 11.4 Å². The van der Waals surface area contributed by atoms with Gasteiger partial charge in [0, 0.05) is 0 Å². The third-order valence-electron chi connectivity index (χ3n) is 8.46. The maximum Gasteiger partial charge on any atom is 0.481 e. The molecule has 9 atom stereocenters. The van der Waals surface area contributed by atoms with Gasteiger partial charge in [0.05, 0.1) is 37.5 Å². The van der Waals surface area contributed by atoms with Crippen LogP contribution in [0.3, 0.4) is 0 Å². The molecule has 0 spiro atoms. The number of aromatic amines is 2. The molecular weight excluding hydrogens is 752 g/mol. The Labute approximate surface area is 296 Å². The van der Waals surface area contributed by atoms with Gasteiger partial charge in [0.25, 0.3) is 5.56 Å². The number of rotatable bonds is 13. The van der Waals surface area contributed by atoms with Crippen LogP contribution in [0.2, 0.25) is 0 Å². The first-order valence-corrected chi connectivity index (χ1v) is 18.5. The van der Waals surface area contributed by atoms with Crippen molar-refractivity contribution in [3.05, 3.63) is 56.8 Å². The Morgan fingerprint density at radius 1 is 0.981 bits per heavy atom. The van der Waals surface area contributed by atoms with Crippen molar-refractivity contribution in [3.63, 3.8) is 0 Å². The highest BCUT2D eigenvalue weighted by Gasteiger charge is 2.46. The van der Waals surface area contributed by atoms with Crippen LogP contribution >= 0.6 is 15.6 Å². The Balaban J connectivity index is 1.05. The number of fused-ring (bicyclic) bond motifs is 3. The van der Waals surface area contributed by atoms with Gasteiger partial charge in [-0.05, 0) is 37.1 Å². The van der Waals surface area contributed by atoms with Gasteiger partial charge in [0.15, 0.2) is 23.4 Å². The van der Waals surface area contributed by atoms with Gasteiger partial charge < -0.3 is 50.7 Å². The summed E-state index contributed by atoms with van der Waals surface area (Å²) in [5.41, 5.74) is 6.40. The topological polar surface area (TPSA) is 365 Å². The number of phosphoric ester groups is 2. The number of H-pyrrole nitrogens is 2. The van der Waals surface area contributed by atoms with Crippen LogP contribution in [0, 0.1) is 13.8 Å². The number of nitrogens with two attached hydrogens (primary N) is 1. The van der Waals surface area contributed by atoms with E-state index in [0.717, 1.165) is 17.5 Å². The van der Waals surface area contributed by atoms with Crippen LogP contribution in [0.4, 0.5) is 28.7 Å². The average Bonchev–Trinajstić information content (AvgIpc) is 3.63. The summed E-state index contributed by atoms with van der Waals surface area (Å²) in [5.74, 6) is -0.0862. The molecule has 6 rings (SSSR count).